The second-order valence-corrected chi connectivity index (χ2v) is 41.6. The zero-order valence-electron chi connectivity index (χ0n) is 64.0. The fraction of sp³-hybridized carbons (Fsp3) is 0.575. The number of amides is 4. The Kier molecular flexibility index (Phi) is 29.5. The minimum atomic E-state index is -2.25. The Balaban J connectivity index is 0.643. The van der Waals surface area contributed by atoms with Crippen molar-refractivity contribution in [3.05, 3.63) is 151 Å². The maximum atomic E-state index is 13.2. The molecule has 0 bridgehead atoms. The van der Waals surface area contributed by atoms with Crippen LogP contribution in [0.15, 0.2) is 107 Å². The molecular weight excluding hydrogens is 1330 g/mol. The summed E-state index contributed by atoms with van der Waals surface area (Å²) in [7, 11) is -0.818. The SMILES string of the molecule is C[C@@H](Cc1cccc(CC(=O)NCCCN(C)C(=O)CCN2CCC(OC3CCN(CCC(=O)N(C)CCCNC(=O)Cc4cccc(C[C@H](C)NC[C@H](O[Si](C)(C)C(C)(C)C)c5ccc(O)c6[nH]c(=O)ccc56)c4)CC3)CC2)c1)NC[C@H](O[Si](C)(C)C(C)(C)C)c1ccc(O)c2[nH]c(=O)ccc12. The summed E-state index contributed by atoms with van der Waals surface area (Å²) in [5.41, 5.74) is 6.14. The van der Waals surface area contributed by atoms with Crippen LogP contribution < -0.4 is 32.4 Å². The fourth-order valence-electron chi connectivity index (χ4n) is 13.3. The first-order chi connectivity index (χ1) is 48.7. The predicted octanol–water partition coefficient (Wildman–Crippen LogP) is 10.8. The van der Waals surface area contributed by atoms with Crippen molar-refractivity contribution in [3.63, 3.8) is 0 Å². The van der Waals surface area contributed by atoms with Crippen LogP contribution in [0.4, 0.5) is 0 Å². The molecule has 4 heterocycles. The van der Waals surface area contributed by atoms with Gasteiger partial charge in [-0.15, -0.1) is 0 Å². The zero-order chi connectivity index (χ0) is 74.8. The van der Waals surface area contributed by atoms with Crippen LogP contribution in [0.1, 0.15) is 152 Å². The van der Waals surface area contributed by atoms with Crippen LogP contribution >= 0.6 is 0 Å². The normalized spacial score (nSPS) is 16.0. The van der Waals surface area contributed by atoms with Crippen LogP contribution in [0, 0.1) is 0 Å². The molecule has 2 aliphatic heterocycles. The third-order valence-corrected chi connectivity index (χ3v) is 30.6. The fourth-order valence-corrected chi connectivity index (χ4v) is 15.9. The number of aromatic amines is 2. The van der Waals surface area contributed by atoms with E-state index >= 15 is 0 Å². The molecule has 0 spiro atoms. The Hall–Kier alpha value is -7.07. The lowest BCUT2D eigenvalue weighted by atomic mass is 10.0. The number of nitrogens with zero attached hydrogens (tertiary/aromatic N) is 4. The smallest absolute Gasteiger partial charge is 0.248 e. The number of rotatable bonds is 36. The van der Waals surface area contributed by atoms with E-state index in [1.165, 1.54) is 12.1 Å². The molecule has 4 amide bonds. The summed E-state index contributed by atoms with van der Waals surface area (Å²) in [5.74, 6) is 0.123. The van der Waals surface area contributed by atoms with E-state index in [1.807, 2.05) is 50.5 Å². The highest BCUT2D eigenvalue weighted by molar-refractivity contribution is 6.74. The molecule has 4 atom stereocenters. The second kappa shape index (κ2) is 37.3. The molecule has 0 aliphatic carbocycles. The Morgan fingerprint density at radius 3 is 1.29 bits per heavy atom. The molecule has 103 heavy (non-hydrogen) atoms. The van der Waals surface area contributed by atoms with Crippen LogP contribution in [0.25, 0.3) is 21.8 Å². The average Bonchev–Trinajstić information content (AvgIpc) is 0.783. The van der Waals surface area contributed by atoms with E-state index in [1.54, 1.807) is 34.1 Å². The van der Waals surface area contributed by atoms with Crippen LogP contribution in [0.3, 0.4) is 0 Å². The average molecular weight is 1450 g/mol. The van der Waals surface area contributed by atoms with Gasteiger partial charge in [0, 0.05) is 140 Å². The number of hydrogen-bond donors (Lipinski definition) is 8. The molecule has 2 saturated heterocycles. The number of carbonyl (C=O) groups excluding carboxylic acids is 4. The van der Waals surface area contributed by atoms with Crippen molar-refractivity contribution in [3.8, 4) is 11.5 Å². The number of hydrogen-bond acceptors (Lipinski definition) is 15. The zero-order valence-corrected chi connectivity index (χ0v) is 66.0. The molecule has 8 rings (SSSR count). The molecule has 564 valence electrons. The summed E-state index contributed by atoms with van der Waals surface area (Å²) in [6.07, 6.45) is 7.73. The molecule has 8 N–H and O–H groups in total. The molecule has 2 aliphatic rings. The number of nitrogens with one attached hydrogen (secondary N) is 6. The van der Waals surface area contributed by atoms with Crippen LogP contribution in [-0.2, 0) is 58.5 Å². The van der Waals surface area contributed by atoms with Crippen molar-refractivity contribution in [2.45, 2.75) is 205 Å². The van der Waals surface area contributed by atoms with E-state index in [-0.39, 0.29) is 106 Å². The van der Waals surface area contributed by atoms with Gasteiger partial charge in [-0.3, -0.25) is 28.8 Å². The topological polar surface area (TPSA) is 263 Å². The number of piperidine rings is 2. The van der Waals surface area contributed by atoms with E-state index < -0.39 is 16.6 Å². The van der Waals surface area contributed by atoms with Gasteiger partial charge in [0.1, 0.15) is 11.5 Å². The van der Waals surface area contributed by atoms with E-state index in [2.05, 4.69) is 147 Å². The Morgan fingerprint density at radius 2 is 0.922 bits per heavy atom. The Bertz CT molecular complexity index is 3660. The summed E-state index contributed by atoms with van der Waals surface area (Å²) < 4.78 is 20.7. The minimum absolute atomic E-state index is 0.0179. The van der Waals surface area contributed by atoms with Gasteiger partial charge in [0.05, 0.1) is 48.3 Å². The number of phenolic OH excluding ortho intramolecular Hbond substituents is 2. The summed E-state index contributed by atoms with van der Waals surface area (Å²) in [6.45, 7) is 34.6. The number of H-pyrrole nitrogens is 2. The van der Waals surface area contributed by atoms with Crippen molar-refractivity contribution in [2.24, 2.45) is 0 Å². The Morgan fingerprint density at radius 1 is 0.553 bits per heavy atom. The lowest BCUT2D eigenvalue weighted by Crippen LogP contribution is -2.44. The number of benzene rings is 4. The Labute approximate surface area is 613 Å². The predicted molar refractivity (Wildman–Crippen MR) is 417 cm³/mol. The van der Waals surface area contributed by atoms with Gasteiger partial charge < -0.3 is 74.6 Å². The van der Waals surface area contributed by atoms with Crippen molar-refractivity contribution >= 4 is 62.1 Å². The van der Waals surface area contributed by atoms with Gasteiger partial charge in [-0.1, -0.05) is 102 Å². The van der Waals surface area contributed by atoms with Crippen molar-refractivity contribution in [1.29, 1.82) is 0 Å². The number of ether oxygens (including phenoxy) is 1. The van der Waals surface area contributed by atoms with E-state index in [9.17, 15) is 39.0 Å². The molecule has 2 fully saturated rings. The first-order valence-electron chi connectivity index (χ1n) is 37.5. The van der Waals surface area contributed by atoms with Crippen LogP contribution in [0.2, 0.25) is 36.3 Å². The van der Waals surface area contributed by atoms with E-state index in [4.69, 9.17) is 13.6 Å². The molecule has 0 saturated carbocycles. The largest absolute Gasteiger partial charge is 0.506 e. The van der Waals surface area contributed by atoms with Gasteiger partial charge in [0.2, 0.25) is 34.7 Å². The first kappa shape index (κ1) is 81.6. The van der Waals surface area contributed by atoms with Crippen molar-refractivity contribution in [2.75, 3.05) is 92.6 Å². The van der Waals surface area contributed by atoms with Crippen LogP contribution in [-0.4, -0.2) is 197 Å². The monoisotopic (exact) mass is 1450 g/mol. The second-order valence-electron chi connectivity index (χ2n) is 32.1. The van der Waals surface area contributed by atoms with Gasteiger partial charge >= 0.3 is 0 Å². The highest BCUT2D eigenvalue weighted by Gasteiger charge is 2.41. The standard InChI is InChI=1S/C80H120N10O11Si2/c1-55(83-53-69(100-102(11,12)79(3,4)5)63-23-27-67(91)77-65(63)25-29-71(93)85-77)47-57-19-15-21-59(49-57)51-73(95)81-37-17-39-87(9)75(97)35-45-89-41-31-61(32-42-89)99-62-33-43-90(44-34-62)46-36-76(98)88(10)40-18-38-82-74(96)52-60-22-16-20-58(50-60)48-56(2)84-54-70(101-103(13,14)80(6,7)8)64-24-28-68(92)78-66(64)26-30-72(94)86-78/h15-16,19-30,49-50,55-56,61-62,69-70,83-84,91-92H,17-18,31-48,51-54H2,1-14H3,(H,81,95)(H,82,96)(H,85,93)(H,86,94)/t55-,56-,69-,70-/m0/s1. The highest BCUT2D eigenvalue weighted by Crippen LogP contribution is 2.43. The van der Waals surface area contributed by atoms with Gasteiger partial charge in [0.15, 0.2) is 16.6 Å². The molecule has 0 unspecified atom stereocenters. The third-order valence-electron chi connectivity index (χ3n) is 21.7. The summed E-state index contributed by atoms with van der Waals surface area (Å²) in [6, 6.07) is 29.9. The quantitative estimate of drug-likeness (QED) is 0.0134. The molecule has 6 aromatic rings. The molecular formula is C80H120N10O11Si2. The van der Waals surface area contributed by atoms with Crippen molar-refractivity contribution in [1.82, 2.24) is 50.8 Å². The van der Waals surface area contributed by atoms with Gasteiger partial charge in [-0.2, -0.15) is 0 Å². The first-order valence-corrected chi connectivity index (χ1v) is 43.3. The maximum Gasteiger partial charge on any atom is 0.248 e. The molecule has 23 heteroatoms. The lowest BCUT2D eigenvalue weighted by Gasteiger charge is -2.40. The molecule has 0 radical (unpaired) electrons. The number of phenols is 2. The molecule has 4 aromatic carbocycles. The minimum Gasteiger partial charge on any atom is -0.506 e. The summed E-state index contributed by atoms with van der Waals surface area (Å²) >= 11 is 0. The van der Waals surface area contributed by atoms with Gasteiger partial charge in [-0.05, 0) is 159 Å². The summed E-state index contributed by atoms with van der Waals surface area (Å²) in [5, 5.41) is 36.2. The maximum absolute atomic E-state index is 13.2. The molecule has 21 nitrogen and oxygen atoms in total. The lowest BCUT2D eigenvalue weighted by molar-refractivity contribution is -0.131. The highest BCUT2D eigenvalue weighted by atomic mass is 28.4. The van der Waals surface area contributed by atoms with Crippen molar-refractivity contribution < 1.29 is 43.0 Å². The number of aromatic hydroxyl groups is 2. The number of likely N-dealkylation sites (tertiary alicyclic amines) is 2. The number of pyridine rings is 2. The number of aromatic nitrogens is 2. The van der Waals surface area contributed by atoms with Gasteiger partial charge in [-0.25, -0.2) is 0 Å². The third kappa shape index (κ3) is 24.5. The molecule has 2 aromatic heterocycles. The summed E-state index contributed by atoms with van der Waals surface area (Å²) in [4.78, 5) is 90.9. The van der Waals surface area contributed by atoms with E-state index in [0.29, 0.717) is 89.1 Å². The number of fused-ring (bicyclic) bond motifs is 2. The van der Waals surface area contributed by atoms with Gasteiger partial charge in [0.25, 0.3) is 0 Å². The van der Waals surface area contributed by atoms with Crippen LogP contribution in [0.5, 0.6) is 11.5 Å². The number of carbonyl (C=O) groups is 4. The van der Waals surface area contributed by atoms with E-state index in [0.717, 1.165) is 109 Å².